The van der Waals surface area contributed by atoms with Crippen molar-refractivity contribution in [2.45, 2.75) is 31.7 Å². The fraction of sp³-hybridized carbons (Fsp3) is 0.500. The van der Waals surface area contributed by atoms with E-state index in [4.69, 9.17) is 4.74 Å². The van der Waals surface area contributed by atoms with Gasteiger partial charge in [-0.3, -0.25) is 4.79 Å². The Morgan fingerprint density at radius 1 is 1.42 bits per heavy atom. The Hall–Kier alpha value is -1.62. The van der Waals surface area contributed by atoms with Gasteiger partial charge in [-0.25, -0.2) is 4.39 Å². The van der Waals surface area contributed by atoms with E-state index in [1.54, 1.807) is 0 Å². The molecule has 1 aliphatic rings. The van der Waals surface area contributed by atoms with E-state index < -0.39 is 5.82 Å². The predicted molar refractivity (Wildman–Crippen MR) is 71.8 cm³/mol. The van der Waals surface area contributed by atoms with Gasteiger partial charge in [-0.2, -0.15) is 0 Å². The van der Waals surface area contributed by atoms with Gasteiger partial charge in [0.2, 0.25) is 5.91 Å². The summed E-state index contributed by atoms with van der Waals surface area (Å²) in [6, 6.07) is 4.68. The highest BCUT2D eigenvalue weighted by Gasteiger charge is 2.15. The lowest BCUT2D eigenvalue weighted by molar-refractivity contribution is -0.115. The fourth-order valence-electron chi connectivity index (χ4n) is 2.29. The minimum atomic E-state index is -0.463. The van der Waals surface area contributed by atoms with Gasteiger partial charge in [-0.15, -0.1) is 0 Å². The topological polar surface area (TPSA) is 50.4 Å². The van der Waals surface area contributed by atoms with Crippen LogP contribution < -0.4 is 15.4 Å². The van der Waals surface area contributed by atoms with Crippen LogP contribution in [0.5, 0.6) is 5.75 Å². The van der Waals surface area contributed by atoms with E-state index in [9.17, 15) is 9.18 Å². The summed E-state index contributed by atoms with van der Waals surface area (Å²) < 4.78 is 18.5. The molecule has 1 aliphatic carbocycles. The second-order valence-corrected chi connectivity index (χ2v) is 4.76. The van der Waals surface area contributed by atoms with Gasteiger partial charge >= 0.3 is 0 Å². The van der Waals surface area contributed by atoms with Crippen LogP contribution in [-0.2, 0) is 4.79 Å². The summed E-state index contributed by atoms with van der Waals surface area (Å²) in [6.45, 7) is 0.210. The van der Waals surface area contributed by atoms with Crippen molar-refractivity contribution in [1.29, 1.82) is 0 Å². The van der Waals surface area contributed by atoms with Gasteiger partial charge in [0.25, 0.3) is 0 Å². The van der Waals surface area contributed by atoms with Crippen molar-refractivity contribution in [2.24, 2.45) is 0 Å². The third-order valence-corrected chi connectivity index (χ3v) is 3.35. The number of methoxy groups -OCH3 is 1. The molecular weight excluding hydrogens is 247 g/mol. The van der Waals surface area contributed by atoms with E-state index in [-0.39, 0.29) is 18.1 Å². The maximum absolute atomic E-state index is 13.5. The normalized spacial score (nSPS) is 15.5. The van der Waals surface area contributed by atoms with Crippen LogP contribution in [0.4, 0.5) is 10.1 Å². The van der Waals surface area contributed by atoms with Crippen molar-refractivity contribution < 1.29 is 13.9 Å². The molecule has 0 spiro atoms. The first kappa shape index (κ1) is 13.8. The average molecular weight is 266 g/mol. The van der Waals surface area contributed by atoms with Crippen LogP contribution in [0.2, 0.25) is 0 Å². The van der Waals surface area contributed by atoms with Gasteiger partial charge in [-0.05, 0) is 25.0 Å². The molecular formula is C14H19FN2O2. The summed E-state index contributed by atoms with van der Waals surface area (Å²) in [5, 5.41) is 5.74. The maximum Gasteiger partial charge on any atom is 0.238 e. The highest BCUT2D eigenvalue weighted by atomic mass is 19.1. The van der Waals surface area contributed by atoms with Crippen LogP contribution in [0.15, 0.2) is 18.2 Å². The number of hydrogen-bond acceptors (Lipinski definition) is 3. The predicted octanol–water partition coefficient (Wildman–Crippen LogP) is 2.31. The number of ether oxygens (including phenoxy) is 1. The fourth-order valence-corrected chi connectivity index (χ4v) is 2.29. The molecule has 0 heterocycles. The second-order valence-electron chi connectivity index (χ2n) is 4.76. The summed E-state index contributed by atoms with van der Waals surface area (Å²) >= 11 is 0. The molecule has 4 nitrogen and oxygen atoms in total. The van der Waals surface area contributed by atoms with E-state index in [1.807, 2.05) is 0 Å². The smallest absolute Gasteiger partial charge is 0.238 e. The maximum atomic E-state index is 13.5. The summed E-state index contributed by atoms with van der Waals surface area (Å²) in [7, 11) is 1.50. The molecule has 0 unspecified atom stereocenters. The monoisotopic (exact) mass is 266 g/mol. The number of benzene rings is 1. The van der Waals surface area contributed by atoms with Crippen molar-refractivity contribution in [1.82, 2.24) is 5.32 Å². The zero-order chi connectivity index (χ0) is 13.7. The third-order valence-electron chi connectivity index (χ3n) is 3.35. The van der Waals surface area contributed by atoms with E-state index in [1.165, 1.54) is 38.2 Å². The Bertz CT molecular complexity index is 445. The summed E-state index contributed by atoms with van der Waals surface area (Å²) in [6.07, 6.45) is 4.65. The van der Waals surface area contributed by atoms with E-state index >= 15 is 0 Å². The second kappa shape index (κ2) is 6.52. The SMILES string of the molecule is COc1ccc(F)c(NC(=O)CNC2CCCC2)c1. The molecule has 1 aromatic carbocycles. The lowest BCUT2D eigenvalue weighted by atomic mass is 10.2. The first-order chi connectivity index (χ1) is 9.19. The highest BCUT2D eigenvalue weighted by molar-refractivity contribution is 5.92. The molecule has 19 heavy (non-hydrogen) atoms. The molecule has 104 valence electrons. The number of carbonyl (C=O) groups excluding carboxylic acids is 1. The van der Waals surface area contributed by atoms with Gasteiger partial charge in [0.15, 0.2) is 0 Å². The molecule has 0 radical (unpaired) electrons. The summed E-state index contributed by atoms with van der Waals surface area (Å²) in [4.78, 5) is 11.7. The Kier molecular flexibility index (Phi) is 4.74. The zero-order valence-electron chi connectivity index (χ0n) is 11.0. The molecule has 1 amide bonds. The largest absolute Gasteiger partial charge is 0.497 e. The van der Waals surface area contributed by atoms with E-state index in [0.29, 0.717) is 11.8 Å². The van der Waals surface area contributed by atoms with Gasteiger partial charge in [0.05, 0.1) is 19.3 Å². The minimum absolute atomic E-state index is 0.151. The van der Waals surface area contributed by atoms with Crippen molar-refractivity contribution in [2.75, 3.05) is 19.0 Å². The molecule has 0 aliphatic heterocycles. The van der Waals surface area contributed by atoms with Crippen LogP contribution in [0.25, 0.3) is 0 Å². The van der Waals surface area contributed by atoms with E-state index in [0.717, 1.165) is 12.8 Å². The quantitative estimate of drug-likeness (QED) is 0.860. The van der Waals surface area contributed by atoms with Crippen LogP contribution in [0.1, 0.15) is 25.7 Å². The Morgan fingerprint density at radius 3 is 2.84 bits per heavy atom. The van der Waals surface area contributed by atoms with Crippen molar-refractivity contribution >= 4 is 11.6 Å². The molecule has 2 rings (SSSR count). The average Bonchev–Trinajstić information content (AvgIpc) is 2.92. The number of amides is 1. The third kappa shape index (κ3) is 3.92. The van der Waals surface area contributed by atoms with Crippen LogP contribution in [0, 0.1) is 5.82 Å². The van der Waals surface area contributed by atoms with Gasteiger partial charge in [0, 0.05) is 12.1 Å². The van der Waals surface area contributed by atoms with Crippen LogP contribution >= 0.6 is 0 Å². The molecule has 5 heteroatoms. The minimum Gasteiger partial charge on any atom is -0.497 e. The number of anilines is 1. The molecule has 0 bridgehead atoms. The number of carbonyl (C=O) groups is 1. The van der Waals surface area contributed by atoms with E-state index in [2.05, 4.69) is 10.6 Å². The lowest BCUT2D eigenvalue weighted by Crippen LogP contribution is -2.34. The van der Waals surface area contributed by atoms with Crippen LogP contribution in [0.3, 0.4) is 0 Å². The number of rotatable bonds is 5. The first-order valence-electron chi connectivity index (χ1n) is 6.56. The first-order valence-corrected chi connectivity index (χ1v) is 6.56. The van der Waals surface area contributed by atoms with Crippen molar-refractivity contribution in [3.8, 4) is 5.75 Å². The van der Waals surface area contributed by atoms with Crippen LogP contribution in [-0.4, -0.2) is 25.6 Å². The lowest BCUT2D eigenvalue weighted by Gasteiger charge is -2.12. The molecule has 2 N–H and O–H groups in total. The molecule has 0 atom stereocenters. The van der Waals surface area contributed by atoms with Crippen molar-refractivity contribution in [3.05, 3.63) is 24.0 Å². The van der Waals surface area contributed by atoms with Gasteiger partial charge in [-0.1, -0.05) is 12.8 Å². The van der Waals surface area contributed by atoms with Gasteiger partial charge < -0.3 is 15.4 Å². The number of halogens is 1. The molecule has 1 aromatic rings. The molecule has 0 saturated heterocycles. The molecule has 1 saturated carbocycles. The standard InChI is InChI=1S/C14H19FN2O2/c1-19-11-6-7-12(15)13(8-11)17-14(18)9-16-10-4-2-3-5-10/h6-8,10,16H,2-5,9H2,1H3,(H,17,18). The van der Waals surface area contributed by atoms with Crippen molar-refractivity contribution in [3.63, 3.8) is 0 Å². The Labute approximate surface area is 112 Å². The highest BCUT2D eigenvalue weighted by Crippen LogP contribution is 2.21. The summed E-state index contributed by atoms with van der Waals surface area (Å²) in [5.74, 6) is -0.186. The molecule has 0 aromatic heterocycles. The Balaban J connectivity index is 1.87. The number of nitrogens with one attached hydrogen (secondary N) is 2. The number of hydrogen-bond donors (Lipinski definition) is 2. The molecule has 1 fully saturated rings. The summed E-state index contributed by atoms with van der Waals surface area (Å²) in [5.41, 5.74) is 0.151. The Morgan fingerprint density at radius 2 is 2.16 bits per heavy atom. The van der Waals surface area contributed by atoms with Gasteiger partial charge in [0.1, 0.15) is 11.6 Å². The zero-order valence-corrected chi connectivity index (χ0v) is 11.0.